The average Bonchev–Trinajstić information content (AvgIpc) is 3.25. The predicted molar refractivity (Wildman–Crippen MR) is 86.2 cm³/mol. The molecular formula is C15H22N4O2S. The van der Waals surface area contributed by atoms with E-state index in [-0.39, 0.29) is 6.54 Å². The normalized spacial score (nSPS) is 24.1. The van der Waals surface area contributed by atoms with Crippen molar-refractivity contribution in [1.29, 1.82) is 0 Å². The third-order valence-corrected chi connectivity index (χ3v) is 4.95. The van der Waals surface area contributed by atoms with E-state index in [0.717, 1.165) is 36.1 Å². The number of carboxylic acid groups (broad SMARTS) is 1. The lowest BCUT2D eigenvalue weighted by molar-refractivity contribution is -0.139. The summed E-state index contributed by atoms with van der Waals surface area (Å²) in [6, 6.07) is 0.748. The lowest BCUT2D eigenvalue weighted by Gasteiger charge is -2.43. The summed E-state index contributed by atoms with van der Waals surface area (Å²) in [4.78, 5) is 21.8. The highest BCUT2D eigenvalue weighted by Gasteiger charge is 2.37. The monoisotopic (exact) mass is 322 g/mol. The predicted octanol–water partition coefficient (Wildman–Crippen LogP) is 1.94. The zero-order valence-electron chi connectivity index (χ0n) is 12.7. The molecule has 0 radical (unpaired) electrons. The number of anilines is 1. The Morgan fingerprint density at radius 1 is 1.45 bits per heavy atom. The first kappa shape index (κ1) is 15.6. The number of carbonyl (C=O) groups is 1. The van der Waals surface area contributed by atoms with Gasteiger partial charge in [0.2, 0.25) is 0 Å². The van der Waals surface area contributed by atoms with Crippen LogP contribution in [0.15, 0.2) is 17.4 Å². The van der Waals surface area contributed by atoms with Crippen molar-refractivity contribution >= 4 is 23.5 Å². The summed E-state index contributed by atoms with van der Waals surface area (Å²) in [6.45, 7) is 1.10. The van der Waals surface area contributed by atoms with E-state index in [9.17, 15) is 4.79 Å². The minimum Gasteiger partial charge on any atom is -0.480 e. The van der Waals surface area contributed by atoms with Crippen molar-refractivity contribution in [2.75, 3.05) is 24.7 Å². The Kier molecular flexibility index (Phi) is 4.83. The molecule has 0 saturated heterocycles. The smallest absolute Gasteiger partial charge is 0.317 e. The summed E-state index contributed by atoms with van der Waals surface area (Å²) >= 11 is 1.57. The Morgan fingerprint density at radius 3 is 2.86 bits per heavy atom. The van der Waals surface area contributed by atoms with E-state index in [2.05, 4.69) is 20.2 Å². The van der Waals surface area contributed by atoms with Crippen LogP contribution in [0, 0.1) is 5.92 Å². The quantitative estimate of drug-likeness (QED) is 0.708. The van der Waals surface area contributed by atoms with Crippen molar-refractivity contribution in [3.63, 3.8) is 0 Å². The molecule has 2 N–H and O–H groups in total. The van der Waals surface area contributed by atoms with Gasteiger partial charge in [0, 0.05) is 18.6 Å². The molecule has 6 nitrogen and oxygen atoms in total. The van der Waals surface area contributed by atoms with Gasteiger partial charge in [0.05, 0.1) is 18.9 Å². The number of nitrogens with one attached hydrogen (secondary N) is 1. The van der Waals surface area contributed by atoms with Crippen molar-refractivity contribution in [3.8, 4) is 0 Å². The van der Waals surface area contributed by atoms with Crippen LogP contribution in [0.1, 0.15) is 25.7 Å². The standard InChI is InChI=1S/C15H22N4O2S/c1-22-14-7-16-6-13(18-14)17-11-4-12(5-11)19(9-15(20)21)8-10-2-3-10/h6-7,10-12H,2-5,8-9H2,1H3,(H,17,18)(H,20,21). The van der Waals surface area contributed by atoms with E-state index in [4.69, 9.17) is 5.11 Å². The number of carboxylic acids is 1. The van der Waals surface area contributed by atoms with Gasteiger partial charge in [-0.15, -0.1) is 11.8 Å². The van der Waals surface area contributed by atoms with Crippen LogP contribution in [-0.2, 0) is 4.79 Å². The van der Waals surface area contributed by atoms with Gasteiger partial charge in [0.15, 0.2) is 0 Å². The zero-order valence-corrected chi connectivity index (χ0v) is 13.6. The molecule has 0 bridgehead atoms. The maximum atomic E-state index is 11.0. The molecule has 0 amide bonds. The first-order valence-corrected chi connectivity index (χ1v) is 8.95. The van der Waals surface area contributed by atoms with Crippen LogP contribution in [0.25, 0.3) is 0 Å². The molecule has 0 atom stereocenters. The largest absolute Gasteiger partial charge is 0.480 e. The Morgan fingerprint density at radius 2 is 2.23 bits per heavy atom. The minimum absolute atomic E-state index is 0.162. The van der Waals surface area contributed by atoms with Crippen molar-refractivity contribution in [3.05, 3.63) is 12.4 Å². The summed E-state index contributed by atoms with van der Waals surface area (Å²) in [5, 5.41) is 13.4. The Labute approximate surface area is 134 Å². The van der Waals surface area contributed by atoms with E-state index in [0.29, 0.717) is 12.1 Å². The molecular weight excluding hydrogens is 300 g/mol. The van der Waals surface area contributed by atoms with Crippen molar-refractivity contribution in [2.24, 2.45) is 5.92 Å². The number of aliphatic carboxylic acids is 1. The fourth-order valence-electron chi connectivity index (χ4n) is 2.88. The molecule has 2 aliphatic carbocycles. The first-order valence-electron chi connectivity index (χ1n) is 7.72. The third-order valence-electron chi connectivity index (χ3n) is 4.33. The second-order valence-corrected chi connectivity index (χ2v) is 7.01. The zero-order chi connectivity index (χ0) is 15.5. The topological polar surface area (TPSA) is 78.4 Å². The van der Waals surface area contributed by atoms with Crippen molar-refractivity contribution in [2.45, 2.75) is 42.8 Å². The number of rotatable bonds is 8. The van der Waals surface area contributed by atoms with Crippen molar-refractivity contribution < 1.29 is 9.90 Å². The van der Waals surface area contributed by atoms with Gasteiger partial charge in [0.25, 0.3) is 0 Å². The molecule has 1 aromatic rings. The lowest BCUT2D eigenvalue weighted by atomic mass is 9.85. The van der Waals surface area contributed by atoms with E-state index in [1.54, 1.807) is 24.2 Å². The van der Waals surface area contributed by atoms with Crippen molar-refractivity contribution in [1.82, 2.24) is 14.9 Å². The Hall–Kier alpha value is -1.34. The number of thioether (sulfide) groups is 1. The molecule has 22 heavy (non-hydrogen) atoms. The van der Waals surface area contributed by atoms with Gasteiger partial charge in [-0.3, -0.25) is 14.7 Å². The summed E-state index contributed by atoms with van der Waals surface area (Å²) in [5.41, 5.74) is 0. The van der Waals surface area contributed by atoms with Gasteiger partial charge >= 0.3 is 5.97 Å². The highest BCUT2D eigenvalue weighted by molar-refractivity contribution is 7.98. The SMILES string of the molecule is CSc1cncc(NC2CC(N(CC(=O)O)CC3CC3)C2)n1. The van der Waals surface area contributed by atoms with Crippen LogP contribution >= 0.6 is 11.8 Å². The molecule has 0 spiro atoms. The maximum Gasteiger partial charge on any atom is 0.317 e. The molecule has 1 aromatic heterocycles. The van der Waals surface area contributed by atoms with Crippen LogP contribution in [0.3, 0.4) is 0 Å². The Bertz CT molecular complexity index is 532. The fraction of sp³-hybridized carbons (Fsp3) is 0.667. The molecule has 0 aromatic carbocycles. The number of nitrogens with zero attached hydrogens (tertiary/aromatic N) is 3. The van der Waals surface area contributed by atoms with E-state index in [1.807, 2.05) is 6.26 Å². The maximum absolute atomic E-state index is 11.0. The van der Waals surface area contributed by atoms with Gasteiger partial charge in [0.1, 0.15) is 10.8 Å². The molecule has 0 unspecified atom stereocenters. The van der Waals surface area contributed by atoms with Crippen LogP contribution in [0.2, 0.25) is 0 Å². The van der Waals surface area contributed by atoms with E-state index >= 15 is 0 Å². The lowest BCUT2D eigenvalue weighted by Crippen LogP contribution is -2.52. The van der Waals surface area contributed by atoms with Crippen LogP contribution in [0.5, 0.6) is 0 Å². The summed E-state index contributed by atoms with van der Waals surface area (Å²) < 4.78 is 0. The highest BCUT2D eigenvalue weighted by atomic mass is 32.2. The van der Waals surface area contributed by atoms with Crippen LogP contribution < -0.4 is 5.32 Å². The molecule has 2 aliphatic rings. The molecule has 120 valence electrons. The van der Waals surface area contributed by atoms with Gasteiger partial charge in [-0.1, -0.05) is 0 Å². The fourth-order valence-corrected chi connectivity index (χ4v) is 3.23. The van der Waals surface area contributed by atoms with Gasteiger partial charge in [-0.2, -0.15) is 0 Å². The molecule has 1 heterocycles. The number of aromatic nitrogens is 2. The van der Waals surface area contributed by atoms with Gasteiger partial charge < -0.3 is 10.4 Å². The molecule has 7 heteroatoms. The number of hydrogen-bond donors (Lipinski definition) is 2. The third kappa shape index (κ3) is 4.10. The summed E-state index contributed by atoms with van der Waals surface area (Å²) in [5.74, 6) is 0.799. The van der Waals surface area contributed by atoms with Gasteiger partial charge in [-0.05, 0) is 37.9 Å². The highest BCUT2D eigenvalue weighted by Crippen LogP contribution is 2.34. The van der Waals surface area contributed by atoms with Gasteiger partial charge in [-0.25, -0.2) is 4.98 Å². The first-order chi connectivity index (χ1) is 10.6. The second-order valence-electron chi connectivity index (χ2n) is 6.18. The second kappa shape index (κ2) is 6.83. The molecule has 0 aliphatic heterocycles. The van der Waals surface area contributed by atoms with E-state index in [1.165, 1.54) is 12.8 Å². The summed E-state index contributed by atoms with van der Waals surface area (Å²) in [6.07, 6.45) is 9.93. The Balaban J connectivity index is 1.49. The summed E-state index contributed by atoms with van der Waals surface area (Å²) in [7, 11) is 0. The van der Waals surface area contributed by atoms with Crippen LogP contribution in [0.4, 0.5) is 5.82 Å². The van der Waals surface area contributed by atoms with E-state index < -0.39 is 5.97 Å². The minimum atomic E-state index is -0.726. The molecule has 2 fully saturated rings. The molecule has 3 rings (SSSR count). The molecule has 2 saturated carbocycles. The van der Waals surface area contributed by atoms with Crippen LogP contribution in [-0.4, -0.2) is 57.4 Å². The number of hydrogen-bond acceptors (Lipinski definition) is 6. The average molecular weight is 322 g/mol.